The first-order valence-corrected chi connectivity index (χ1v) is 11.4. The van der Waals surface area contributed by atoms with Gasteiger partial charge in [0, 0.05) is 23.7 Å². The maximum absolute atomic E-state index is 13.4. The lowest BCUT2D eigenvalue weighted by Gasteiger charge is -2.23. The van der Waals surface area contributed by atoms with Crippen molar-refractivity contribution in [2.45, 2.75) is 13.0 Å². The number of nitrogens with zero attached hydrogens (tertiary/aromatic N) is 1. The van der Waals surface area contributed by atoms with E-state index in [2.05, 4.69) is 12.1 Å². The zero-order valence-electron chi connectivity index (χ0n) is 18.5. The Balaban J connectivity index is 1.59. The molecule has 0 fully saturated rings. The van der Waals surface area contributed by atoms with E-state index >= 15 is 0 Å². The van der Waals surface area contributed by atoms with Crippen LogP contribution in [0.25, 0.3) is 11.1 Å². The first-order chi connectivity index (χ1) is 16.5. The van der Waals surface area contributed by atoms with Gasteiger partial charge in [-0.1, -0.05) is 72.3 Å². The van der Waals surface area contributed by atoms with E-state index < -0.39 is 5.97 Å². The van der Waals surface area contributed by atoms with E-state index in [1.165, 1.54) is 0 Å². The number of aromatic carboxylic acids is 1. The molecule has 0 spiro atoms. The third kappa shape index (κ3) is 5.91. The fourth-order valence-electron chi connectivity index (χ4n) is 3.84. The first kappa shape index (κ1) is 23.3. The van der Waals surface area contributed by atoms with Crippen molar-refractivity contribution in [1.29, 1.82) is 0 Å². The molecule has 4 aromatic carbocycles. The summed E-state index contributed by atoms with van der Waals surface area (Å²) in [5.74, 6) is -1.02. The van der Waals surface area contributed by atoms with Crippen LogP contribution in [0.3, 0.4) is 0 Å². The Hall–Kier alpha value is -3.89. The number of halogens is 1. The maximum atomic E-state index is 13.4. The number of amides is 1. The molecule has 5 heteroatoms. The minimum absolute atomic E-state index is 0.0640. The molecule has 0 saturated heterocycles. The molecular weight excluding hydrogens is 446 g/mol. The minimum atomic E-state index is -0.960. The Bertz CT molecular complexity index is 1290. The van der Waals surface area contributed by atoms with Crippen LogP contribution < -0.4 is 0 Å². The van der Waals surface area contributed by atoms with E-state index in [0.717, 1.165) is 28.7 Å². The Morgan fingerprint density at radius 3 is 2.06 bits per heavy atom. The largest absolute Gasteiger partial charge is 0.478 e. The van der Waals surface area contributed by atoms with Crippen LogP contribution in [0.2, 0.25) is 5.02 Å². The second-order valence-corrected chi connectivity index (χ2v) is 8.49. The molecule has 0 aromatic heterocycles. The predicted molar refractivity (Wildman–Crippen MR) is 135 cm³/mol. The predicted octanol–water partition coefficient (Wildman–Crippen LogP) is 6.59. The van der Waals surface area contributed by atoms with Gasteiger partial charge in [0.2, 0.25) is 0 Å². The number of carboxylic acid groups (broad SMARTS) is 1. The van der Waals surface area contributed by atoms with Crippen LogP contribution in [0.15, 0.2) is 103 Å². The van der Waals surface area contributed by atoms with Gasteiger partial charge in [0.15, 0.2) is 0 Å². The standard InChI is InChI=1S/C29H24ClNO3/c30-27-14-12-23(13-15-27)28(32)31(17-16-21-6-2-1-3-7-21)20-22-8-4-9-24(18-22)25-10-5-11-26(19-25)29(33)34/h1-15,18-19H,16-17,20H2,(H,33,34). The number of carboxylic acids is 1. The molecule has 4 nitrogen and oxygen atoms in total. The number of hydrogen-bond donors (Lipinski definition) is 1. The van der Waals surface area contributed by atoms with E-state index in [-0.39, 0.29) is 11.5 Å². The second kappa shape index (κ2) is 10.8. The first-order valence-electron chi connectivity index (χ1n) is 11.0. The lowest BCUT2D eigenvalue weighted by atomic mass is 10.0. The van der Waals surface area contributed by atoms with Crippen molar-refractivity contribution < 1.29 is 14.7 Å². The molecule has 1 N–H and O–H groups in total. The molecule has 1 amide bonds. The molecule has 0 aliphatic carbocycles. The molecule has 34 heavy (non-hydrogen) atoms. The average Bonchev–Trinajstić information content (AvgIpc) is 2.87. The van der Waals surface area contributed by atoms with Gasteiger partial charge < -0.3 is 10.0 Å². The van der Waals surface area contributed by atoms with Crippen molar-refractivity contribution in [2.75, 3.05) is 6.54 Å². The Morgan fingerprint density at radius 1 is 0.706 bits per heavy atom. The van der Waals surface area contributed by atoms with Crippen LogP contribution in [0.1, 0.15) is 31.8 Å². The van der Waals surface area contributed by atoms with E-state index in [9.17, 15) is 14.7 Å². The van der Waals surface area contributed by atoms with Gasteiger partial charge >= 0.3 is 5.97 Å². The summed E-state index contributed by atoms with van der Waals surface area (Å²) in [5.41, 5.74) is 4.68. The van der Waals surface area contributed by atoms with Crippen molar-refractivity contribution in [2.24, 2.45) is 0 Å². The molecule has 0 aliphatic rings. The summed E-state index contributed by atoms with van der Waals surface area (Å²) in [6.45, 7) is 0.991. The monoisotopic (exact) mass is 469 g/mol. The Morgan fingerprint density at radius 2 is 1.35 bits per heavy atom. The molecule has 0 atom stereocenters. The maximum Gasteiger partial charge on any atom is 0.335 e. The van der Waals surface area contributed by atoms with Gasteiger partial charge in [-0.15, -0.1) is 0 Å². The number of carbonyl (C=O) groups excluding carboxylic acids is 1. The van der Waals surface area contributed by atoms with Gasteiger partial charge in [-0.3, -0.25) is 4.79 Å². The molecular formula is C29H24ClNO3. The summed E-state index contributed by atoms with van der Waals surface area (Å²) in [6.07, 6.45) is 0.737. The average molecular weight is 470 g/mol. The van der Waals surface area contributed by atoms with Crippen molar-refractivity contribution in [1.82, 2.24) is 4.90 Å². The van der Waals surface area contributed by atoms with Crippen molar-refractivity contribution in [3.05, 3.63) is 130 Å². The zero-order chi connectivity index (χ0) is 23.9. The summed E-state index contributed by atoms with van der Waals surface area (Å²) in [7, 11) is 0. The van der Waals surface area contributed by atoms with Crippen LogP contribution in [-0.2, 0) is 13.0 Å². The lowest BCUT2D eigenvalue weighted by Crippen LogP contribution is -2.32. The highest BCUT2D eigenvalue weighted by atomic mass is 35.5. The zero-order valence-corrected chi connectivity index (χ0v) is 19.3. The quantitative estimate of drug-likeness (QED) is 0.316. The third-order valence-corrected chi connectivity index (χ3v) is 5.89. The topological polar surface area (TPSA) is 57.6 Å². The third-order valence-electron chi connectivity index (χ3n) is 5.63. The highest BCUT2D eigenvalue weighted by molar-refractivity contribution is 6.30. The molecule has 4 aromatic rings. The van der Waals surface area contributed by atoms with Gasteiger partial charge in [-0.05, 0) is 71.1 Å². The molecule has 0 saturated carbocycles. The van der Waals surface area contributed by atoms with Gasteiger partial charge in [-0.25, -0.2) is 4.79 Å². The van der Waals surface area contributed by atoms with Crippen LogP contribution in [0, 0.1) is 0 Å². The molecule has 0 bridgehead atoms. The summed E-state index contributed by atoms with van der Waals surface area (Å²) >= 11 is 6.01. The van der Waals surface area contributed by atoms with Crippen LogP contribution in [-0.4, -0.2) is 28.4 Å². The summed E-state index contributed by atoms with van der Waals surface area (Å²) in [5, 5.41) is 9.90. The lowest BCUT2D eigenvalue weighted by molar-refractivity contribution is 0.0695. The van der Waals surface area contributed by atoms with E-state index in [4.69, 9.17) is 11.6 Å². The highest BCUT2D eigenvalue weighted by Crippen LogP contribution is 2.23. The normalized spacial score (nSPS) is 10.6. The fraction of sp³-hybridized carbons (Fsp3) is 0.103. The van der Waals surface area contributed by atoms with E-state index in [1.54, 1.807) is 42.5 Å². The molecule has 4 rings (SSSR count). The second-order valence-electron chi connectivity index (χ2n) is 8.06. The van der Waals surface area contributed by atoms with E-state index in [1.807, 2.05) is 53.4 Å². The molecule has 0 heterocycles. The number of carbonyl (C=O) groups is 2. The highest BCUT2D eigenvalue weighted by Gasteiger charge is 2.17. The van der Waals surface area contributed by atoms with Gasteiger partial charge in [0.25, 0.3) is 5.91 Å². The fourth-order valence-corrected chi connectivity index (χ4v) is 3.96. The van der Waals surface area contributed by atoms with Gasteiger partial charge in [0.1, 0.15) is 0 Å². The summed E-state index contributed by atoms with van der Waals surface area (Å²) in [6, 6.07) is 31.7. The number of hydrogen-bond acceptors (Lipinski definition) is 2. The smallest absolute Gasteiger partial charge is 0.335 e. The number of benzene rings is 4. The summed E-state index contributed by atoms with van der Waals surface area (Å²) in [4.78, 5) is 26.6. The van der Waals surface area contributed by atoms with Gasteiger partial charge in [-0.2, -0.15) is 0 Å². The van der Waals surface area contributed by atoms with Crippen LogP contribution >= 0.6 is 11.6 Å². The SMILES string of the molecule is O=C(O)c1cccc(-c2cccc(CN(CCc3ccccc3)C(=O)c3ccc(Cl)cc3)c2)c1. The van der Waals surface area contributed by atoms with Crippen molar-refractivity contribution in [3.63, 3.8) is 0 Å². The van der Waals surface area contributed by atoms with Crippen molar-refractivity contribution in [3.8, 4) is 11.1 Å². The van der Waals surface area contributed by atoms with Gasteiger partial charge in [0.05, 0.1) is 5.56 Å². The molecule has 0 unspecified atom stereocenters. The molecule has 0 aliphatic heterocycles. The van der Waals surface area contributed by atoms with E-state index in [0.29, 0.717) is 23.7 Å². The Labute approximate surface area is 204 Å². The summed E-state index contributed by atoms with van der Waals surface area (Å²) < 4.78 is 0. The van der Waals surface area contributed by atoms with Crippen LogP contribution in [0.5, 0.6) is 0 Å². The van der Waals surface area contributed by atoms with Crippen molar-refractivity contribution >= 4 is 23.5 Å². The molecule has 0 radical (unpaired) electrons. The minimum Gasteiger partial charge on any atom is -0.478 e. The number of rotatable bonds is 8. The van der Waals surface area contributed by atoms with Crippen LogP contribution in [0.4, 0.5) is 0 Å². The Kier molecular flexibility index (Phi) is 7.41. The molecule has 170 valence electrons.